The molecule has 3 nitrogen and oxygen atoms in total. The van der Waals surface area contributed by atoms with Gasteiger partial charge in [-0.3, -0.25) is 4.90 Å². The van der Waals surface area contributed by atoms with Gasteiger partial charge in [-0.15, -0.1) is 0 Å². The Morgan fingerprint density at radius 2 is 1.42 bits per heavy atom. The molecule has 3 rings (SSSR count). The normalized spacial score (nSPS) is 18.4. The highest BCUT2D eigenvalue weighted by molar-refractivity contribution is 5.71. The summed E-state index contributed by atoms with van der Waals surface area (Å²) in [4.78, 5) is 13.6. The van der Waals surface area contributed by atoms with Crippen LogP contribution >= 0.6 is 0 Å². The van der Waals surface area contributed by atoms with E-state index >= 15 is 0 Å². The SMILES string of the molecule is CC(C)CC#Cc1ccc(C(F)(F)F)cc1CN1C(=O)O[C@H](c2cc(C(F)(F)F)cc(C(F)(F)F)c2)[C@@H]1C. The number of halogens is 9. The van der Waals surface area contributed by atoms with Crippen LogP contribution in [0.5, 0.6) is 0 Å². The predicted molar refractivity (Wildman–Crippen MR) is 118 cm³/mol. The quantitative estimate of drug-likeness (QED) is 0.283. The number of rotatable bonds is 4. The Kier molecular flexibility index (Phi) is 8.01. The Bertz CT molecular complexity index is 1220. The maximum Gasteiger partial charge on any atom is 0.416 e. The van der Waals surface area contributed by atoms with Crippen LogP contribution in [0.25, 0.3) is 0 Å². The van der Waals surface area contributed by atoms with Crippen molar-refractivity contribution in [3.8, 4) is 11.8 Å². The summed E-state index contributed by atoms with van der Waals surface area (Å²) in [6.07, 6.45) is -17.1. The Labute approximate surface area is 212 Å². The van der Waals surface area contributed by atoms with Crippen LogP contribution in [0, 0.1) is 17.8 Å². The third-order valence-corrected chi connectivity index (χ3v) is 5.84. The van der Waals surface area contributed by atoms with Crippen LogP contribution in [0.4, 0.5) is 44.3 Å². The van der Waals surface area contributed by atoms with Crippen LogP contribution in [0.2, 0.25) is 0 Å². The van der Waals surface area contributed by atoms with Gasteiger partial charge in [-0.05, 0) is 60.4 Å². The van der Waals surface area contributed by atoms with Gasteiger partial charge in [-0.2, -0.15) is 39.5 Å². The van der Waals surface area contributed by atoms with Crippen LogP contribution < -0.4 is 0 Å². The molecule has 2 atom stereocenters. The number of carbonyl (C=O) groups is 1. The number of benzene rings is 2. The van der Waals surface area contributed by atoms with Gasteiger partial charge >= 0.3 is 24.6 Å². The van der Waals surface area contributed by atoms with Crippen molar-refractivity contribution in [2.45, 2.75) is 64.4 Å². The number of amides is 1. The minimum atomic E-state index is -5.11. The lowest BCUT2D eigenvalue weighted by molar-refractivity contribution is -0.143. The lowest BCUT2D eigenvalue weighted by Gasteiger charge is -2.23. The first kappa shape index (κ1) is 29.2. The third kappa shape index (κ3) is 6.74. The minimum Gasteiger partial charge on any atom is -0.439 e. The molecule has 0 bridgehead atoms. The average molecular weight is 551 g/mol. The summed E-state index contributed by atoms with van der Waals surface area (Å²) >= 11 is 0. The van der Waals surface area contributed by atoms with E-state index in [9.17, 15) is 44.3 Å². The predicted octanol–water partition coefficient (Wildman–Crippen LogP) is 8.22. The summed E-state index contributed by atoms with van der Waals surface area (Å²) in [6.45, 7) is 4.64. The smallest absolute Gasteiger partial charge is 0.416 e. The van der Waals surface area contributed by atoms with E-state index in [2.05, 4.69) is 11.8 Å². The molecule has 12 heteroatoms. The lowest BCUT2D eigenvalue weighted by Crippen LogP contribution is -2.32. The van der Waals surface area contributed by atoms with E-state index in [-0.39, 0.29) is 23.1 Å². The fraction of sp³-hybridized carbons (Fsp3) is 0.423. The van der Waals surface area contributed by atoms with Gasteiger partial charge in [0.1, 0.15) is 6.10 Å². The van der Waals surface area contributed by atoms with Gasteiger partial charge in [0.25, 0.3) is 0 Å². The Hall–Kier alpha value is -3.36. The van der Waals surface area contributed by atoms with E-state index in [4.69, 9.17) is 4.74 Å². The van der Waals surface area contributed by atoms with E-state index in [0.717, 1.165) is 23.1 Å². The Morgan fingerprint density at radius 1 is 0.868 bits per heavy atom. The van der Waals surface area contributed by atoms with Crippen molar-refractivity contribution in [1.29, 1.82) is 0 Å². The molecule has 0 saturated carbocycles. The molecular formula is C26H22F9NO2. The first-order chi connectivity index (χ1) is 17.4. The molecule has 1 aliphatic heterocycles. The molecule has 2 aromatic carbocycles. The molecule has 0 spiro atoms. The van der Waals surface area contributed by atoms with Gasteiger partial charge in [-0.1, -0.05) is 25.7 Å². The van der Waals surface area contributed by atoms with Crippen LogP contribution in [0.15, 0.2) is 36.4 Å². The van der Waals surface area contributed by atoms with Gasteiger partial charge in [0.2, 0.25) is 0 Å². The van der Waals surface area contributed by atoms with Crippen LogP contribution in [0.1, 0.15) is 66.7 Å². The Morgan fingerprint density at radius 3 is 1.92 bits per heavy atom. The van der Waals surface area contributed by atoms with Crippen LogP contribution in [-0.2, 0) is 29.8 Å². The lowest BCUT2D eigenvalue weighted by atomic mass is 9.97. The molecule has 2 aromatic rings. The fourth-order valence-corrected chi connectivity index (χ4v) is 3.86. The van der Waals surface area contributed by atoms with Crippen molar-refractivity contribution in [3.63, 3.8) is 0 Å². The van der Waals surface area contributed by atoms with Crippen molar-refractivity contribution in [2.24, 2.45) is 5.92 Å². The Balaban J connectivity index is 2.00. The van der Waals surface area contributed by atoms with Crippen LogP contribution in [-0.4, -0.2) is 17.0 Å². The number of hydrogen-bond acceptors (Lipinski definition) is 2. The molecule has 38 heavy (non-hydrogen) atoms. The molecule has 1 amide bonds. The maximum absolute atomic E-state index is 13.4. The van der Waals surface area contributed by atoms with E-state index in [1.165, 1.54) is 6.92 Å². The monoisotopic (exact) mass is 551 g/mol. The van der Waals surface area contributed by atoms with E-state index in [1.54, 1.807) is 0 Å². The number of cyclic esters (lactones) is 1. The number of alkyl halides is 9. The molecule has 0 aromatic heterocycles. The molecule has 0 N–H and O–H groups in total. The average Bonchev–Trinajstić information content (AvgIpc) is 3.06. The molecule has 206 valence electrons. The highest BCUT2D eigenvalue weighted by atomic mass is 19.4. The molecule has 0 unspecified atom stereocenters. The first-order valence-corrected chi connectivity index (χ1v) is 11.3. The summed E-state index contributed by atoms with van der Waals surface area (Å²) in [7, 11) is 0. The molecule has 1 heterocycles. The highest BCUT2D eigenvalue weighted by Crippen LogP contribution is 2.41. The van der Waals surface area contributed by atoms with E-state index in [0.29, 0.717) is 18.6 Å². The zero-order valence-corrected chi connectivity index (χ0v) is 20.3. The number of hydrogen-bond donors (Lipinski definition) is 0. The molecule has 1 aliphatic rings. The molecular weight excluding hydrogens is 529 g/mol. The second kappa shape index (κ2) is 10.4. The van der Waals surface area contributed by atoms with Crippen molar-refractivity contribution in [1.82, 2.24) is 4.90 Å². The van der Waals surface area contributed by atoms with E-state index in [1.807, 2.05) is 13.8 Å². The summed E-state index contributed by atoms with van der Waals surface area (Å²) in [6, 6.07) is 2.54. The van der Waals surface area contributed by atoms with Gasteiger partial charge in [0.05, 0.1) is 29.3 Å². The largest absolute Gasteiger partial charge is 0.439 e. The van der Waals surface area contributed by atoms with Crippen LogP contribution in [0.3, 0.4) is 0 Å². The number of nitrogens with zero attached hydrogens (tertiary/aromatic N) is 1. The summed E-state index contributed by atoms with van der Waals surface area (Å²) < 4.78 is 125. The minimum absolute atomic E-state index is 0.000513. The summed E-state index contributed by atoms with van der Waals surface area (Å²) in [5.74, 6) is 5.80. The second-order valence-corrected chi connectivity index (χ2v) is 9.28. The molecule has 0 aliphatic carbocycles. The number of carbonyl (C=O) groups excluding carboxylic acids is 1. The maximum atomic E-state index is 13.4. The van der Waals surface area contributed by atoms with Crippen molar-refractivity contribution < 1.29 is 49.0 Å². The third-order valence-electron chi connectivity index (χ3n) is 5.84. The zero-order valence-electron chi connectivity index (χ0n) is 20.3. The van der Waals surface area contributed by atoms with Gasteiger partial charge in [0.15, 0.2) is 0 Å². The van der Waals surface area contributed by atoms with Crippen molar-refractivity contribution in [3.05, 3.63) is 69.8 Å². The molecule has 1 fully saturated rings. The van der Waals surface area contributed by atoms with Gasteiger partial charge < -0.3 is 4.74 Å². The van der Waals surface area contributed by atoms with E-state index < -0.39 is 65.6 Å². The van der Waals surface area contributed by atoms with Gasteiger partial charge in [-0.25, -0.2) is 4.79 Å². The van der Waals surface area contributed by atoms with Crippen molar-refractivity contribution >= 4 is 6.09 Å². The zero-order chi connectivity index (χ0) is 28.6. The molecule has 1 saturated heterocycles. The summed E-state index contributed by atoms with van der Waals surface area (Å²) in [5, 5.41) is 0. The molecule has 0 radical (unpaired) electrons. The highest BCUT2D eigenvalue weighted by Gasteiger charge is 2.43. The topological polar surface area (TPSA) is 29.5 Å². The van der Waals surface area contributed by atoms with Gasteiger partial charge in [0, 0.05) is 12.0 Å². The summed E-state index contributed by atoms with van der Waals surface area (Å²) in [5.41, 5.74) is -4.52. The standard InChI is InChI=1S/C26H22F9NO2/c1-14(2)5-4-6-16-7-8-19(24(27,28)29)11-18(16)13-36-15(3)22(38-23(36)37)17-9-20(25(30,31)32)12-21(10-17)26(33,34)35/h7-12,14-15,22H,5,13H2,1-3H3/t15-,22-/m0/s1. The second-order valence-electron chi connectivity index (χ2n) is 9.28. The number of ether oxygens (including phenoxy) is 1. The fourth-order valence-electron chi connectivity index (χ4n) is 3.86. The van der Waals surface area contributed by atoms with Crippen molar-refractivity contribution in [2.75, 3.05) is 0 Å². The first-order valence-electron chi connectivity index (χ1n) is 11.3.